The van der Waals surface area contributed by atoms with Gasteiger partial charge in [-0.15, -0.1) is 0 Å². The van der Waals surface area contributed by atoms with Crippen LogP contribution in [0.2, 0.25) is 0 Å². The standard InChI is InChI=1S/C13H25NO/c1-10-5-7-11(8-6-10)14-12-3-2-4-13(15)9-12/h10-15H,2-9H2,1H3. The van der Waals surface area contributed by atoms with E-state index in [2.05, 4.69) is 12.2 Å². The van der Waals surface area contributed by atoms with Gasteiger partial charge in [-0.05, 0) is 57.3 Å². The van der Waals surface area contributed by atoms with Crippen molar-refractivity contribution in [2.75, 3.05) is 0 Å². The summed E-state index contributed by atoms with van der Waals surface area (Å²) >= 11 is 0. The van der Waals surface area contributed by atoms with Crippen LogP contribution in [-0.4, -0.2) is 23.3 Å². The smallest absolute Gasteiger partial charge is 0.0555 e. The third kappa shape index (κ3) is 3.46. The van der Waals surface area contributed by atoms with Crippen LogP contribution in [0.4, 0.5) is 0 Å². The first-order chi connectivity index (χ1) is 7.24. The molecule has 2 N–H and O–H groups in total. The fourth-order valence-electron chi connectivity index (χ4n) is 3.08. The molecule has 2 fully saturated rings. The molecule has 2 unspecified atom stereocenters. The summed E-state index contributed by atoms with van der Waals surface area (Å²) in [4.78, 5) is 0. The average Bonchev–Trinajstić information content (AvgIpc) is 2.22. The summed E-state index contributed by atoms with van der Waals surface area (Å²) < 4.78 is 0. The van der Waals surface area contributed by atoms with E-state index in [4.69, 9.17) is 0 Å². The summed E-state index contributed by atoms with van der Waals surface area (Å²) in [7, 11) is 0. The summed E-state index contributed by atoms with van der Waals surface area (Å²) in [5.41, 5.74) is 0. The first-order valence-electron chi connectivity index (χ1n) is 6.68. The third-order valence-electron chi connectivity index (χ3n) is 4.13. The highest BCUT2D eigenvalue weighted by Crippen LogP contribution is 2.26. The Morgan fingerprint density at radius 3 is 2.33 bits per heavy atom. The molecule has 88 valence electrons. The molecule has 2 nitrogen and oxygen atoms in total. The van der Waals surface area contributed by atoms with Gasteiger partial charge in [0.05, 0.1) is 6.10 Å². The second kappa shape index (κ2) is 5.31. The second-order valence-electron chi connectivity index (χ2n) is 5.64. The van der Waals surface area contributed by atoms with Crippen molar-refractivity contribution in [2.24, 2.45) is 5.92 Å². The quantitative estimate of drug-likeness (QED) is 0.735. The average molecular weight is 211 g/mol. The van der Waals surface area contributed by atoms with Crippen molar-refractivity contribution in [3.8, 4) is 0 Å². The summed E-state index contributed by atoms with van der Waals surface area (Å²) in [5.74, 6) is 0.931. The number of rotatable bonds is 2. The normalized spacial score (nSPS) is 42.8. The van der Waals surface area contributed by atoms with Gasteiger partial charge in [-0.25, -0.2) is 0 Å². The minimum absolute atomic E-state index is 0.0428. The topological polar surface area (TPSA) is 32.3 Å². The summed E-state index contributed by atoms with van der Waals surface area (Å²) in [6, 6.07) is 1.32. The molecule has 0 aromatic heterocycles. The number of aliphatic hydroxyl groups excluding tert-OH is 1. The molecule has 0 spiro atoms. The van der Waals surface area contributed by atoms with Gasteiger partial charge in [0.15, 0.2) is 0 Å². The molecular formula is C13H25NO. The van der Waals surface area contributed by atoms with E-state index in [0.717, 1.165) is 24.8 Å². The minimum Gasteiger partial charge on any atom is -0.393 e. The summed E-state index contributed by atoms with van der Waals surface area (Å²) in [5, 5.41) is 13.4. The Morgan fingerprint density at radius 2 is 1.67 bits per heavy atom. The van der Waals surface area contributed by atoms with Gasteiger partial charge in [-0.3, -0.25) is 0 Å². The highest BCUT2D eigenvalue weighted by molar-refractivity contribution is 4.83. The van der Waals surface area contributed by atoms with Crippen LogP contribution in [0.1, 0.15) is 58.3 Å². The van der Waals surface area contributed by atoms with Gasteiger partial charge in [-0.2, -0.15) is 0 Å². The Balaban J connectivity index is 1.71. The predicted octanol–water partition coefficient (Wildman–Crippen LogP) is 2.46. The summed E-state index contributed by atoms with van der Waals surface area (Å²) in [6.45, 7) is 2.36. The molecule has 0 amide bonds. The number of nitrogens with one attached hydrogen (secondary N) is 1. The maximum Gasteiger partial charge on any atom is 0.0555 e. The molecular weight excluding hydrogens is 186 g/mol. The molecule has 0 radical (unpaired) electrons. The van der Waals surface area contributed by atoms with Crippen molar-refractivity contribution in [1.82, 2.24) is 5.32 Å². The van der Waals surface area contributed by atoms with Crippen molar-refractivity contribution in [1.29, 1.82) is 0 Å². The monoisotopic (exact) mass is 211 g/mol. The second-order valence-corrected chi connectivity index (χ2v) is 5.64. The molecule has 2 aliphatic rings. The third-order valence-corrected chi connectivity index (χ3v) is 4.13. The predicted molar refractivity (Wildman–Crippen MR) is 62.8 cm³/mol. The molecule has 0 aromatic rings. The van der Waals surface area contributed by atoms with Gasteiger partial charge in [-0.1, -0.05) is 6.92 Å². The van der Waals surface area contributed by atoms with Gasteiger partial charge in [0.2, 0.25) is 0 Å². The lowest BCUT2D eigenvalue weighted by Gasteiger charge is -2.34. The highest BCUT2D eigenvalue weighted by Gasteiger charge is 2.24. The molecule has 15 heavy (non-hydrogen) atoms. The Bertz CT molecular complexity index is 187. The Kier molecular flexibility index (Phi) is 4.04. The van der Waals surface area contributed by atoms with E-state index in [1.165, 1.54) is 38.5 Å². The molecule has 0 heterocycles. The van der Waals surface area contributed by atoms with E-state index in [1.54, 1.807) is 0 Å². The van der Waals surface area contributed by atoms with E-state index in [0.29, 0.717) is 6.04 Å². The first-order valence-corrected chi connectivity index (χ1v) is 6.68. The Hall–Kier alpha value is -0.0800. The van der Waals surface area contributed by atoms with Gasteiger partial charge >= 0.3 is 0 Å². The van der Waals surface area contributed by atoms with E-state index < -0.39 is 0 Å². The molecule has 2 atom stereocenters. The van der Waals surface area contributed by atoms with E-state index in [1.807, 2.05) is 0 Å². The van der Waals surface area contributed by atoms with Crippen molar-refractivity contribution >= 4 is 0 Å². The molecule has 2 rings (SSSR count). The van der Waals surface area contributed by atoms with Gasteiger partial charge in [0.25, 0.3) is 0 Å². The van der Waals surface area contributed by atoms with Crippen LogP contribution in [0.15, 0.2) is 0 Å². The van der Waals surface area contributed by atoms with Crippen molar-refractivity contribution < 1.29 is 5.11 Å². The van der Waals surface area contributed by atoms with Crippen LogP contribution in [-0.2, 0) is 0 Å². The van der Waals surface area contributed by atoms with Gasteiger partial charge < -0.3 is 10.4 Å². The lowest BCUT2D eigenvalue weighted by Crippen LogP contribution is -2.43. The van der Waals surface area contributed by atoms with Crippen LogP contribution < -0.4 is 5.32 Å². The fourth-order valence-corrected chi connectivity index (χ4v) is 3.08. The van der Waals surface area contributed by atoms with Gasteiger partial charge in [0.1, 0.15) is 0 Å². The van der Waals surface area contributed by atoms with E-state index in [9.17, 15) is 5.11 Å². The largest absolute Gasteiger partial charge is 0.393 e. The molecule has 0 bridgehead atoms. The molecule has 0 aliphatic heterocycles. The number of hydrogen-bond acceptors (Lipinski definition) is 2. The van der Waals surface area contributed by atoms with Gasteiger partial charge in [0, 0.05) is 12.1 Å². The van der Waals surface area contributed by atoms with Crippen molar-refractivity contribution in [3.05, 3.63) is 0 Å². The van der Waals surface area contributed by atoms with Crippen LogP contribution >= 0.6 is 0 Å². The molecule has 2 saturated carbocycles. The SMILES string of the molecule is CC1CCC(NC2CCCC(O)C2)CC1. The lowest BCUT2D eigenvalue weighted by molar-refractivity contribution is 0.105. The van der Waals surface area contributed by atoms with Crippen LogP contribution in [0.25, 0.3) is 0 Å². The molecule has 2 heteroatoms. The van der Waals surface area contributed by atoms with E-state index in [-0.39, 0.29) is 6.10 Å². The zero-order chi connectivity index (χ0) is 10.7. The zero-order valence-electron chi connectivity index (χ0n) is 9.91. The number of aliphatic hydroxyl groups is 1. The Labute approximate surface area is 93.5 Å². The van der Waals surface area contributed by atoms with Crippen molar-refractivity contribution in [3.63, 3.8) is 0 Å². The maximum absolute atomic E-state index is 9.61. The minimum atomic E-state index is -0.0428. The molecule has 0 saturated heterocycles. The molecule has 0 aromatic carbocycles. The van der Waals surface area contributed by atoms with Crippen molar-refractivity contribution in [2.45, 2.75) is 76.5 Å². The van der Waals surface area contributed by atoms with Crippen LogP contribution in [0.3, 0.4) is 0 Å². The number of hydrogen-bond donors (Lipinski definition) is 2. The Morgan fingerprint density at radius 1 is 0.933 bits per heavy atom. The summed E-state index contributed by atoms with van der Waals surface area (Å²) in [6.07, 6.45) is 9.86. The van der Waals surface area contributed by atoms with E-state index >= 15 is 0 Å². The van der Waals surface area contributed by atoms with Crippen LogP contribution in [0, 0.1) is 5.92 Å². The fraction of sp³-hybridized carbons (Fsp3) is 1.00. The lowest BCUT2D eigenvalue weighted by atomic mass is 9.85. The first kappa shape index (κ1) is 11.4. The highest BCUT2D eigenvalue weighted by atomic mass is 16.3. The van der Waals surface area contributed by atoms with Crippen LogP contribution in [0.5, 0.6) is 0 Å². The zero-order valence-corrected chi connectivity index (χ0v) is 9.91. The molecule has 2 aliphatic carbocycles. The maximum atomic E-state index is 9.61.